The summed E-state index contributed by atoms with van der Waals surface area (Å²) in [7, 11) is 0. The normalized spacial score (nSPS) is 21.0. The molecule has 19 heavy (non-hydrogen) atoms. The van der Waals surface area contributed by atoms with Gasteiger partial charge in [-0.3, -0.25) is 9.59 Å². The predicted octanol–water partition coefficient (Wildman–Crippen LogP) is 2.13. The van der Waals surface area contributed by atoms with Crippen LogP contribution in [0.25, 0.3) is 0 Å². The molecule has 2 N–H and O–H groups in total. The second-order valence-electron chi connectivity index (χ2n) is 4.94. The minimum absolute atomic E-state index is 0.00532. The number of carboxylic acid groups (broad SMARTS) is 1. The number of anilines is 1. The summed E-state index contributed by atoms with van der Waals surface area (Å²) in [5, 5.41) is 11.5. The van der Waals surface area contributed by atoms with E-state index in [1.165, 1.54) is 0 Å². The first-order valence-electron chi connectivity index (χ1n) is 6.28. The van der Waals surface area contributed by atoms with E-state index >= 15 is 0 Å². The monoisotopic (exact) mass is 263 g/mol. The summed E-state index contributed by atoms with van der Waals surface area (Å²) in [5.41, 5.74) is 0.581. The Balaban J connectivity index is 2.03. The molecule has 1 aliphatic rings. The fraction of sp³-hybridized carbons (Fsp3) is 0.429. The molecule has 0 bridgehead atoms. The van der Waals surface area contributed by atoms with Gasteiger partial charge in [0.2, 0.25) is 5.91 Å². The summed E-state index contributed by atoms with van der Waals surface area (Å²) in [6, 6.07) is 7.14. The lowest BCUT2D eigenvalue weighted by Gasteiger charge is -2.14. The van der Waals surface area contributed by atoms with Gasteiger partial charge < -0.3 is 15.2 Å². The Morgan fingerprint density at radius 3 is 2.58 bits per heavy atom. The highest BCUT2D eigenvalue weighted by Gasteiger charge is 2.48. The van der Waals surface area contributed by atoms with Crippen molar-refractivity contribution in [2.75, 3.05) is 5.32 Å². The third-order valence-electron chi connectivity index (χ3n) is 2.95. The van der Waals surface area contributed by atoms with Crippen molar-refractivity contribution in [1.82, 2.24) is 0 Å². The lowest BCUT2D eigenvalue weighted by molar-refractivity contribution is -0.139. The van der Waals surface area contributed by atoms with Crippen LogP contribution >= 0.6 is 0 Å². The lowest BCUT2D eigenvalue weighted by atomic mass is 10.2. The number of rotatable bonds is 5. The number of hydrogen-bond acceptors (Lipinski definition) is 3. The van der Waals surface area contributed by atoms with Crippen molar-refractivity contribution < 1.29 is 19.4 Å². The van der Waals surface area contributed by atoms with Crippen LogP contribution < -0.4 is 10.1 Å². The number of nitrogens with one attached hydrogen (secondary N) is 1. The second-order valence-corrected chi connectivity index (χ2v) is 4.94. The standard InChI is InChI=1S/C14H17NO4/c1-8(2)19-12-6-4-3-5-11(12)15-13(16)9-7-10(9)14(17)18/h3-6,8-10H,7H2,1-2H3,(H,15,16)(H,17,18)/t9-,10+/m1/s1. The van der Waals surface area contributed by atoms with Crippen molar-refractivity contribution in [1.29, 1.82) is 0 Å². The van der Waals surface area contributed by atoms with Crippen molar-refractivity contribution in [3.05, 3.63) is 24.3 Å². The first kappa shape index (κ1) is 13.4. The van der Waals surface area contributed by atoms with E-state index in [0.717, 1.165) is 0 Å². The van der Waals surface area contributed by atoms with Crippen LogP contribution in [-0.4, -0.2) is 23.1 Å². The van der Waals surface area contributed by atoms with E-state index < -0.39 is 17.8 Å². The van der Waals surface area contributed by atoms with Crippen LogP contribution in [0.4, 0.5) is 5.69 Å². The van der Waals surface area contributed by atoms with Gasteiger partial charge in [0.15, 0.2) is 0 Å². The van der Waals surface area contributed by atoms with Crippen molar-refractivity contribution in [2.24, 2.45) is 11.8 Å². The van der Waals surface area contributed by atoms with E-state index in [0.29, 0.717) is 17.9 Å². The smallest absolute Gasteiger partial charge is 0.307 e. The zero-order chi connectivity index (χ0) is 14.0. The van der Waals surface area contributed by atoms with Crippen molar-refractivity contribution in [2.45, 2.75) is 26.4 Å². The van der Waals surface area contributed by atoms with Gasteiger partial charge in [0.1, 0.15) is 5.75 Å². The van der Waals surface area contributed by atoms with E-state index in [4.69, 9.17) is 9.84 Å². The molecule has 1 amide bonds. The highest BCUT2D eigenvalue weighted by molar-refractivity contribution is 5.99. The number of para-hydroxylation sites is 2. The van der Waals surface area contributed by atoms with Gasteiger partial charge in [-0.15, -0.1) is 0 Å². The van der Waals surface area contributed by atoms with E-state index in [2.05, 4.69) is 5.32 Å². The van der Waals surface area contributed by atoms with Gasteiger partial charge in [0.05, 0.1) is 23.6 Å². The average Bonchev–Trinajstić information content (AvgIpc) is 3.11. The van der Waals surface area contributed by atoms with E-state index in [1.54, 1.807) is 18.2 Å². The molecule has 102 valence electrons. The highest BCUT2D eigenvalue weighted by atomic mass is 16.5. The third-order valence-corrected chi connectivity index (χ3v) is 2.95. The van der Waals surface area contributed by atoms with Crippen LogP contribution in [0, 0.1) is 11.8 Å². The van der Waals surface area contributed by atoms with Crippen molar-refractivity contribution >= 4 is 17.6 Å². The maximum absolute atomic E-state index is 11.9. The summed E-state index contributed by atoms with van der Waals surface area (Å²) >= 11 is 0. The van der Waals surface area contributed by atoms with Crippen LogP contribution in [0.2, 0.25) is 0 Å². The summed E-state index contributed by atoms with van der Waals surface area (Å²) in [6.07, 6.45) is 0.416. The molecular formula is C14H17NO4. The Morgan fingerprint density at radius 1 is 1.32 bits per heavy atom. The van der Waals surface area contributed by atoms with Gasteiger partial charge in [-0.2, -0.15) is 0 Å². The Labute approximate surface area is 111 Å². The highest BCUT2D eigenvalue weighted by Crippen LogP contribution is 2.40. The first-order valence-corrected chi connectivity index (χ1v) is 6.28. The Morgan fingerprint density at radius 2 is 2.00 bits per heavy atom. The third kappa shape index (κ3) is 3.24. The lowest BCUT2D eigenvalue weighted by Crippen LogP contribution is -2.18. The molecule has 0 saturated heterocycles. The number of carboxylic acids is 1. The average molecular weight is 263 g/mol. The Kier molecular flexibility index (Phi) is 3.74. The van der Waals surface area contributed by atoms with Crippen LogP contribution in [0.15, 0.2) is 24.3 Å². The molecule has 0 radical (unpaired) electrons. The Hall–Kier alpha value is -2.04. The first-order chi connectivity index (χ1) is 8.99. The van der Waals surface area contributed by atoms with Gasteiger partial charge in [-0.25, -0.2) is 0 Å². The largest absolute Gasteiger partial charge is 0.489 e. The molecule has 0 aromatic heterocycles. The molecule has 2 atom stereocenters. The number of aliphatic carboxylic acids is 1. The Bertz CT molecular complexity index is 498. The van der Waals surface area contributed by atoms with E-state index in [-0.39, 0.29) is 12.0 Å². The van der Waals surface area contributed by atoms with Gasteiger partial charge in [-0.05, 0) is 32.4 Å². The SMILES string of the molecule is CC(C)Oc1ccccc1NC(=O)[C@@H]1C[C@@H]1C(=O)O. The predicted molar refractivity (Wildman–Crippen MR) is 70.1 cm³/mol. The molecule has 1 fully saturated rings. The minimum Gasteiger partial charge on any atom is -0.489 e. The number of carbonyl (C=O) groups is 2. The zero-order valence-corrected chi connectivity index (χ0v) is 10.9. The molecule has 2 rings (SSSR count). The quantitative estimate of drug-likeness (QED) is 0.853. The molecule has 0 aliphatic heterocycles. The fourth-order valence-electron chi connectivity index (χ4n) is 1.91. The molecular weight excluding hydrogens is 246 g/mol. The molecule has 5 heteroatoms. The van der Waals surface area contributed by atoms with Gasteiger partial charge in [0.25, 0.3) is 0 Å². The van der Waals surface area contributed by atoms with E-state index in [1.807, 2.05) is 19.9 Å². The van der Waals surface area contributed by atoms with Crippen LogP contribution in [0.3, 0.4) is 0 Å². The summed E-state index contributed by atoms with van der Waals surface area (Å²) < 4.78 is 5.59. The molecule has 0 heterocycles. The topological polar surface area (TPSA) is 75.6 Å². The molecule has 0 unspecified atom stereocenters. The molecule has 0 spiro atoms. The molecule has 1 aliphatic carbocycles. The molecule has 1 saturated carbocycles. The van der Waals surface area contributed by atoms with Crippen LogP contribution in [-0.2, 0) is 9.59 Å². The maximum atomic E-state index is 11.9. The van der Waals surface area contributed by atoms with Gasteiger partial charge >= 0.3 is 5.97 Å². The minimum atomic E-state index is -0.910. The summed E-state index contributed by atoms with van der Waals surface area (Å²) in [4.78, 5) is 22.6. The second kappa shape index (κ2) is 5.30. The summed E-state index contributed by atoms with van der Waals surface area (Å²) in [6.45, 7) is 3.81. The fourth-order valence-corrected chi connectivity index (χ4v) is 1.91. The van der Waals surface area contributed by atoms with Crippen LogP contribution in [0.1, 0.15) is 20.3 Å². The number of hydrogen-bond donors (Lipinski definition) is 2. The number of benzene rings is 1. The number of ether oxygens (including phenoxy) is 1. The van der Waals surface area contributed by atoms with E-state index in [9.17, 15) is 9.59 Å². The van der Waals surface area contributed by atoms with Gasteiger partial charge in [0, 0.05) is 0 Å². The van der Waals surface area contributed by atoms with Crippen molar-refractivity contribution in [3.8, 4) is 5.75 Å². The molecule has 1 aromatic carbocycles. The number of amides is 1. The number of carbonyl (C=O) groups excluding carboxylic acids is 1. The van der Waals surface area contributed by atoms with Gasteiger partial charge in [-0.1, -0.05) is 12.1 Å². The zero-order valence-electron chi connectivity index (χ0n) is 10.9. The summed E-state index contributed by atoms with van der Waals surface area (Å²) in [5.74, 6) is -1.54. The maximum Gasteiger partial charge on any atom is 0.307 e. The molecule has 5 nitrogen and oxygen atoms in total. The van der Waals surface area contributed by atoms with Crippen LogP contribution in [0.5, 0.6) is 5.75 Å². The molecule has 1 aromatic rings. The van der Waals surface area contributed by atoms with Crippen molar-refractivity contribution in [3.63, 3.8) is 0 Å².